The van der Waals surface area contributed by atoms with Crippen LogP contribution in [0.4, 0.5) is 0 Å². The average Bonchev–Trinajstić information content (AvgIpc) is 3.44. The number of aliphatic carboxylic acids is 1. The Morgan fingerprint density at radius 3 is 2.62 bits per heavy atom. The van der Waals surface area contributed by atoms with Gasteiger partial charge in [-0.25, -0.2) is 0 Å². The summed E-state index contributed by atoms with van der Waals surface area (Å²) in [6.45, 7) is 8.06. The molecule has 1 spiro atoms. The van der Waals surface area contributed by atoms with Gasteiger partial charge in [-0.15, -0.1) is 6.58 Å². The summed E-state index contributed by atoms with van der Waals surface area (Å²) in [5.41, 5.74) is -0.258. The molecule has 8 heteroatoms. The molecule has 1 aromatic carbocycles. The monoisotopic (exact) mass is 470 g/mol. The maximum absolute atomic E-state index is 14.2. The predicted octanol–water partition coefficient (Wildman–Crippen LogP) is 2.07. The second-order valence-corrected chi connectivity index (χ2v) is 10.1. The summed E-state index contributed by atoms with van der Waals surface area (Å²) >= 11 is 0. The largest absolute Gasteiger partial charge is 0.481 e. The molecule has 0 aromatic heterocycles. The van der Waals surface area contributed by atoms with Crippen molar-refractivity contribution in [1.29, 1.82) is 0 Å². The zero-order chi connectivity index (χ0) is 24.6. The van der Waals surface area contributed by atoms with Gasteiger partial charge in [0.05, 0.1) is 30.6 Å². The molecule has 0 aliphatic carbocycles. The van der Waals surface area contributed by atoms with E-state index in [1.807, 2.05) is 44.2 Å². The molecule has 3 fully saturated rings. The minimum Gasteiger partial charge on any atom is -0.481 e. The number of benzene rings is 1. The molecule has 2 N–H and O–H groups in total. The Hall–Kier alpha value is -2.71. The number of carbonyl (C=O) groups excluding carboxylic acids is 2. The Labute approximate surface area is 200 Å². The molecule has 2 unspecified atom stereocenters. The summed E-state index contributed by atoms with van der Waals surface area (Å²) in [5, 5.41) is 20.2. The first-order chi connectivity index (χ1) is 16.2. The van der Waals surface area contributed by atoms with Crippen LogP contribution in [-0.2, 0) is 25.7 Å². The van der Waals surface area contributed by atoms with Gasteiger partial charge in [-0.3, -0.25) is 14.4 Å². The van der Waals surface area contributed by atoms with E-state index < -0.39 is 47.5 Å². The molecule has 6 atom stereocenters. The molecule has 34 heavy (non-hydrogen) atoms. The van der Waals surface area contributed by atoms with Crippen LogP contribution in [0.15, 0.2) is 43.0 Å². The third kappa shape index (κ3) is 3.92. The second kappa shape index (κ2) is 9.50. The molecule has 0 saturated carbocycles. The Balaban J connectivity index is 1.77. The number of aliphatic hydroxyl groups excluding tert-OH is 1. The fraction of sp³-hybridized carbons (Fsp3) is 0.577. The first-order valence-corrected chi connectivity index (χ1v) is 12.0. The van der Waals surface area contributed by atoms with Crippen molar-refractivity contribution in [1.82, 2.24) is 9.80 Å². The van der Waals surface area contributed by atoms with Gasteiger partial charge < -0.3 is 24.7 Å². The van der Waals surface area contributed by atoms with Crippen LogP contribution in [0.3, 0.4) is 0 Å². The molecule has 4 rings (SSSR count). The molecule has 3 heterocycles. The minimum absolute atomic E-state index is 0.166. The Bertz CT molecular complexity index is 950. The number of carboxylic acid groups (broad SMARTS) is 1. The van der Waals surface area contributed by atoms with Gasteiger partial charge in [-0.1, -0.05) is 50.3 Å². The van der Waals surface area contributed by atoms with Crippen LogP contribution < -0.4 is 0 Å². The molecule has 1 aromatic rings. The molecule has 0 radical (unpaired) electrons. The minimum atomic E-state index is -1.19. The molecule has 3 aliphatic rings. The highest BCUT2D eigenvalue weighted by Crippen LogP contribution is 2.59. The highest BCUT2D eigenvalue weighted by molar-refractivity contribution is 5.98. The van der Waals surface area contributed by atoms with E-state index in [0.717, 1.165) is 5.56 Å². The molecule has 3 saturated heterocycles. The molecule has 184 valence electrons. The van der Waals surface area contributed by atoms with Crippen LogP contribution in [0.5, 0.6) is 0 Å². The van der Waals surface area contributed by atoms with Crippen molar-refractivity contribution in [2.24, 2.45) is 17.8 Å². The van der Waals surface area contributed by atoms with Crippen molar-refractivity contribution >= 4 is 17.8 Å². The lowest BCUT2D eigenvalue weighted by Crippen LogP contribution is -2.58. The molecule has 2 amide bonds. The van der Waals surface area contributed by atoms with Gasteiger partial charge in [0.25, 0.3) is 0 Å². The van der Waals surface area contributed by atoms with Crippen LogP contribution in [0.2, 0.25) is 0 Å². The van der Waals surface area contributed by atoms with Crippen LogP contribution in [0.1, 0.15) is 38.7 Å². The van der Waals surface area contributed by atoms with E-state index in [1.165, 1.54) is 4.90 Å². The number of hydrogen-bond acceptors (Lipinski definition) is 5. The smallest absolute Gasteiger partial charge is 0.310 e. The fourth-order valence-electron chi connectivity index (χ4n) is 6.23. The standard InChI is InChI=1S/C26H34N2O6/c1-4-12-27(14-17-8-6-5-7-9-17)24(31)22-26-11-10-19(34-26)20(25(32)33)21(26)23(30)28(22)18(15-29)13-16(2)3/h4-9,16,18-22,29H,1,10-15H2,2-3H3,(H,32,33)/t18-,19-,20+,21+,22?,26?/m1/s1. The van der Waals surface area contributed by atoms with Crippen molar-refractivity contribution in [3.8, 4) is 0 Å². The summed E-state index contributed by atoms with van der Waals surface area (Å²) in [7, 11) is 0. The number of ether oxygens (including phenoxy) is 1. The van der Waals surface area contributed by atoms with Gasteiger partial charge in [-0.2, -0.15) is 0 Å². The number of rotatable bonds is 10. The predicted molar refractivity (Wildman–Crippen MR) is 124 cm³/mol. The maximum atomic E-state index is 14.2. The van der Waals surface area contributed by atoms with Gasteiger partial charge in [0.1, 0.15) is 11.6 Å². The molecule has 8 nitrogen and oxygen atoms in total. The van der Waals surface area contributed by atoms with E-state index >= 15 is 0 Å². The van der Waals surface area contributed by atoms with Crippen LogP contribution in [0, 0.1) is 17.8 Å². The lowest BCUT2D eigenvalue weighted by Gasteiger charge is -2.39. The van der Waals surface area contributed by atoms with E-state index in [2.05, 4.69) is 6.58 Å². The van der Waals surface area contributed by atoms with Gasteiger partial charge >= 0.3 is 5.97 Å². The lowest BCUT2D eigenvalue weighted by molar-refractivity contribution is -0.153. The zero-order valence-electron chi connectivity index (χ0n) is 19.8. The number of nitrogens with zero attached hydrogens (tertiary/aromatic N) is 2. The van der Waals surface area contributed by atoms with E-state index in [1.54, 1.807) is 11.0 Å². The van der Waals surface area contributed by atoms with Gasteiger partial charge in [0.15, 0.2) is 0 Å². The molecule has 2 bridgehead atoms. The maximum Gasteiger partial charge on any atom is 0.310 e. The summed E-state index contributed by atoms with van der Waals surface area (Å²) in [6, 6.07) is 7.97. The number of hydrogen-bond donors (Lipinski definition) is 2. The van der Waals surface area contributed by atoms with Crippen LogP contribution >= 0.6 is 0 Å². The Morgan fingerprint density at radius 2 is 2.03 bits per heavy atom. The second-order valence-electron chi connectivity index (χ2n) is 10.1. The number of amides is 2. The number of likely N-dealkylation sites (tertiary alicyclic amines) is 1. The molecule has 3 aliphatic heterocycles. The Kier molecular flexibility index (Phi) is 6.82. The third-order valence-electron chi connectivity index (χ3n) is 7.48. The van der Waals surface area contributed by atoms with Crippen molar-refractivity contribution in [3.63, 3.8) is 0 Å². The number of fused-ring (bicyclic) bond motifs is 1. The van der Waals surface area contributed by atoms with Gasteiger partial charge in [-0.05, 0) is 30.7 Å². The number of carboxylic acids is 1. The van der Waals surface area contributed by atoms with Crippen LogP contribution in [-0.4, -0.2) is 74.7 Å². The Morgan fingerprint density at radius 1 is 1.32 bits per heavy atom. The molecular weight excluding hydrogens is 436 g/mol. The van der Waals surface area contributed by atoms with Crippen molar-refractivity contribution in [2.45, 2.75) is 63.4 Å². The van der Waals surface area contributed by atoms with E-state index in [4.69, 9.17) is 4.74 Å². The van der Waals surface area contributed by atoms with Crippen molar-refractivity contribution in [3.05, 3.63) is 48.6 Å². The fourth-order valence-corrected chi connectivity index (χ4v) is 6.23. The topological polar surface area (TPSA) is 107 Å². The van der Waals surface area contributed by atoms with E-state index in [-0.39, 0.29) is 25.0 Å². The highest BCUT2D eigenvalue weighted by Gasteiger charge is 2.75. The SMILES string of the molecule is C=CCN(Cc1ccccc1)C(=O)C1N([C@@H](CO)CC(C)C)C(=O)[C@@H]2[C@@H](C(=O)O)[C@H]3CCC12O3. The van der Waals surface area contributed by atoms with E-state index in [9.17, 15) is 24.6 Å². The van der Waals surface area contributed by atoms with Gasteiger partial charge in [0.2, 0.25) is 11.8 Å². The summed E-state index contributed by atoms with van der Waals surface area (Å²) in [5.74, 6) is -3.52. The zero-order valence-corrected chi connectivity index (χ0v) is 19.8. The average molecular weight is 471 g/mol. The number of carbonyl (C=O) groups is 3. The number of aliphatic hydroxyl groups is 1. The first kappa shape index (κ1) is 24.4. The summed E-state index contributed by atoms with van der Waals surface area (Å²) < 4.78 is 6.27. The normalized spacial score (nSPS) is 30.5. The van der Waals surface area contributed by atoms with Crippen LogP contribution in [0.25, 0.3) is 0 Å². The van der Waals surface area contributed by atoms with Crippen molar-refractivity contribution < 1.29 is 29.3 Å². The quantitative estimate of drug-likeness (QED) is 0.507. The lowest BCUT2D eigenvalue weighted by atomic mass is 9.70. The summed E-state index contributed by atoms with van der Waals surface area (Å²) in [4.78, 5) is 43.2. The summed E-state index contributed by atoms with van der Waals surface area (Å²) in [6.07, 6.45) is 2.49. The third-order valence-corrected chi connectivity index (χ3v) is 7.48. The first-order valence-electron chi connectivity index (χ1n) is 12.0. The van der Waals surface area contributed by atoms with Gasteiger partial charge in [0, 0.05) is 13.1 Å². The molecular formula is C26H34N2O6. The highest BCUT2D eigenvalue weighted by atomic mass is 16.5. The van der Waals surface area contributed by atoms with E-state index in [0.29, 0.717) is 25.8 Å². The van der Waals surface area contributed by atoms with Crippen molar-refractivity contribution in [2.75, 3.05) is 13.2 Å².